The van der Waals surface area contributed by atoms with Crippen molar-refractivity contribution in [1.29, 1.82) is 0 Å². The summed E-state index contributed by atoms with van der Waals surface area (Å²) in [7, 11) is 3.57. The predicted molar refractivity (Wildman–Crippen MR) is 64.0 cm³/mol. The van der Waals surface area contributed by atoms with Crippen LogP contribution in [0.5, 0.6) is 0 Å². The average Bonchev–Trinajstić information content (AvgIpc) is 2.55. The standard InChI is InChI=1S/C11H12ClN3O/c1-13-6-10(16)7-3-4-9-8(5-7)11(12)14-15(9)2/h3-5,13H,6H2,1-2H3. The molecule has 2 aromatic rings. The molecule has 0 radical (unpaired) electrons. The Balaban J connectivity index is 2.51. The second-order valence-corrected chi connectivity index (χ2v) is 3.96. The van der Waals surface area contributed by atoms with Gasteiger partial charge in [0.2, 0.25) is 0 Å². The molecule has 0 aliphatic heterocycles. The number of aromatic nitrogens is 2. The van der Waals surface area contributed by atoms with E-state index in [0.717, 1.165) is 10.9 Å². The van der Waals surface area contributed by atoms with E-state index in [1.807, 2.05) is 13.1 Å². The van der Waals surface area contributed by atoms with E-state index >= 15 is 0 Å². The zero-order valence-electron chi connectivity index (χ0n) is 9.12. The largest absolute Gasteiger partial charge is 0.313 e. The lowest BCUT2D eigenvalue weighted by Crippen LogP contribution is -2.18. The highest BCUT2D eigenvalue weighted by Gasteiger charge is 2.10. The van der Waals surface area contributed by atoms with E-state index in [4.69, 9.17) is 11.6 Å². The Morgan fingerprint density at radius 2 is 2.31 bits per heavy atom. The Morgan fingerprint density at radius 3 is 3.00 bits per heavy atom. The molecule has 16 heavy (non-hydrogen) atoms. The van der Waals surface area contributed by atoms with E-state index in [9.17, 15) is 4.79 Å². The number of aryl methyl sites for hydroxylation is 1. The fourth-order valence-corrected chi connectivity index (χ4v) is 1.92. The van der Waals surface area contributed by atoms with Crippen LogP contribution in [0.1, 0.15) is 10.4 Å². The molecule has 84 valence electrons. The Bertz CT molecular complexity index is 547. The first-order valence-corrected chi connectivity index (χ1v) is 5.31. The summed E-state index contributed by atoms with van der Waals surface area (Å²) >= 11 is 5.97. The molecule has 5 heteroatoms. The molecule has 0 saturated heterocycles. The quantitative estimate of drug-likeness (QED) is 0.826. The van der Waals surface area contributed by atoms with Crippen molar-refractivity contribution in [2.24, 2.45) is 7.05 Å². The van der Waals surface area contributed by atoms with Crippen LogP contribution in [0, 0.1) is 0 Å². The van der Waals surface area contributed by atoms with Crippen LogP contribution >= 0.6 is 11.6 Å². The lowest BCUT2D eigenvalue weighted by Gasteiger charge is -2.00. The van der Waals surface area contributed by atoms with Crippen molar-refractivity contribution in [2.75, 3.05) is 13.6 Å². The van der Waals surface area contributed by atoms with E-state index in [-0.39, 0.29) is 5.78 Å². The van der Waals surface area contributed by atoms with Gasteiger partial charge in [-0.3, -0.25) is 9.48 Å². The van der Waals surface area contributed by atoms with Gasteiger partial charge in [0.1, 0.15) is 0 Å². The van der Waals surface area contributed by atoms with E-state index in [0.29, 0.717) is 17.3 Å². The van der Waals surface area contributed by atoms with Crippen LogP contribution in [-0.4, -0.2) is 29.2 Å². The highest BCUT2D eigenvalue weighted by atomic mass is 35.5. The van der Waals surface area contributed by atoms with Crippen molar-refractivity contribution in [3.63, 3.8) is 0 Å². The first kappa shape index (κ1) is 11.1. The van der Waals surface area contributed by atoms with Crippen LogP contribution in [0.15, 0.2) is 18.2 Å². The van der Waals surface area contributed by atoms with E-state index in [2.05, 4.69) is 10.4 Å². The number of halogens is 1. The second kappa shape index (κ2) is 4.23. The molecule has 0 saturated carbocycles. The van der Waals surface area contributed by atoms with E-state index in [1.165, 1.54) is 0 Å². The third-order valence-corrected chi connectivity index (χ3v) is 2.74. The van der Waals surface area contributed by atoms with Gasteiger partial charge in [0, 0.05) is 18.0 Å². The summed E-state index contributed by atoms with van der Waals surface area (Å²) in [6.45, 7) is 0.323. The average molecular weight is 238 g/mol. The lowest BCUT2D eigenvalue weighted by molar-refractivity contribution is 0.0993. The SMILES string of the molecule is CNCC(=O)c1ccc2c(c1)c(Cl)nn2C. The molecule has 0 atom stereocenters. The number of carbonyl (C=O) groups is 1. The van der Waals surface area contributed by atoms with E-state index < -0.39 is 0 Å². The minimum absolute atomic E-state index is 0.0457. The topological polar surface area (TPSA) is 46.9 Å². The predicted octanol–water partition coefficient (Wildman–Crippen LogP) is 1.63. The number of carbonyl (C=O) groups excluding carboxylic acids is 1. The summed E-state index contributed by atoms with van der Waals surface area (Å²) in [5.41, 5.74) is 1.57. The van der Waals surface area contributed by atoms with Crippen molar-refractivity contribution in [1.82, 2.24) is 15.1 Å². The van der Waals surface area contributed by atoms with Gasteiger partial charge in [-0.2, -0.15) is 5.10 Å². The molecule has 0 amide bonds. The van der Waals surface area contributed by atoms with Crippen LogP contribution in [0.3, 0.4) is 0 Å². The summed E-state index contributed by atoms with van der Waals surface area (Å²) in [5, 5.41) is 8.16. The Hall–Kier alpha value is -1.39. The van der Waals surface area contributed by atoms with Crippen molar-refractivity contribution >= 4 is 28.3 Å². The monoisotopic (exact) mass is 237 g/mol. The highest BCUT2D eigenvalue weighted by molar-refractivity contribution is 6.34. The Labute approximate surface area is 98.2 Å². The molecular weight excluding hydrogens is 226 g/mol. The van der Waals surface area contributed by atoms with Crippen LogP contribution in [-0.2, 0) is 7.05 Å². The first-order valence-electron chi connectivity index (χ1n) is 4.93. The van der Waals surface area contributed by atoms with E-state index in [1.54, 1.807) is 23.9 Å². The molecule has 1 aromatic heterocycles. The number of hydrogen-bond donors (Lipinski definition) is 1. The lowest BCUT2D eigenvalue weighted by atomic mass is 10.1. The van der Waals surface area contributed by atoms with Gasteiger partial charge in [-0.25, -0.2) is 0 Å². The van der Waals surface area contributed by atoms with Crippen molar-refractivity contribution in [2.45, 2.75) is 0 Å². The zero-order valence-corrected chi connectivity index (χ0v) is 9.88. The molecule has 0 spiro atoms. The van der Waals surface area contributed by atoms with Gasteiger partial charge in [0.05, 0.1) is 12.1 Å². The number of fused-ring (bicyclic) bond motifs is 1. The van der Waals surface area contributed by atoms with Crippen LogP contribution in [0.2, 0.25) is 5.15 Å². The second-order valence-electron chi connectivity index (χ2n) is 3.60. The van der Waals surface area contributed by atoms with Crippen molar-refractivity contribution in [3.8, 4) is 0 Å². The summed E-state index contributed by atoms with van der Waals surface area (Å²) in [6, 6.07) is 5.43. The summed E-state index contributed by atoms with van der Waals surface area (Å²) < 4.78 is 1.70. The maximum atomic E-state index is 11.7. The van der Waals surface area contributed by atoms with Gasteiger partial charge in [-0.1, -0.05) is 11.6 Å². The smallest absolute Gasteiger partial charge is 0.176 e. The molecule has 4 nitrogen and oxygen atoms in total. The van der Waals surface area contributed by atoms with Gasteiger partial charge in [-0.15, -0.1) is 0 Å². The maximum Gasteiger partial charge on any atom is 0.176 e. The fraction of sp³-hybridized carbons (Fsp3) is 0.273. The molecule has 1 aromatic carbocycles. The van der Waals surface area contributed by atoms with Crippen LogP contribution < -0.4 is 5.32 Å². The molecule has 1 heterocycles. The summed E-state index contributed by atoms with van der Waals surface area (Å²) in [6.07, 6.45) is 0. The maximum absolute atomic E-state index is 11.7. The minimum atomic E-state index is 0.0457. The molecule has 0 fully saturated rings. The molecule has 0 aliphatic carbocycles. The number of nitrogens with one attached hydrogen (secondary N) is 1. The number of rotatable bonds is 3. The third-order valence-electron chi connectivity index (χ3n) is 2.46. The number of hydrogen-bond acceptors (Lipinski definition) is 3. The number of nitrogens with zero attached hydrogens (tertiary/aromatic N) is 2. The molecule has 0 bridgehead atoms. The summed E-state index contributed by atoms with van der Waals surface area (Å²) in [5.74, 6) is 0.0457. The van der Waals surface area contributed by atoms with Gasteiger partial charge >= 0.3 is 0 Å². The normalized spacial score (nSPS) is 10.9. The molecular formula is C11H12ClN3O. The Kier molecular flexibility index (Phi) is 2.94. The zero-order chi connectivity index (χ0) is 11.7. The van der Waals surface area contributed by atoms with Gasteiger partial charge in [0.15, 0.2) is 10.9 Å². The number of Topliss-reactive ketones (excluding diaryl/α,β-unsaturated/α-hetero) is 1. The third kappa shape index (κ3) is 1.81. The number of benzene rings is 1. The molecule has 0 unspecified atom stereocenters. The minimum Gasteiger partial charge on any atom is -0.313 e. The summed E-state index contributed by atoms with van der Waals surface area (Å²) in [4.78, 5) is 11.7. The molecule has 1 N–H and O–H groups in total. The number of likely N-dealkylation sites (N-methyl/N-ethyl adjacent to an activating group) is 1. The Morgan fingerprint density at radius 1 is 1.56 bits per heavy atom. The first-order chi connectivity index (χ1) is 7.63. The highest BCUT2D eigenvalue weighted by Crippen LogP contribution is 2.23. The van der Waals surface area contributed by atoms with Gasteiger partial charge in [-0.05, 0) is 25.2 Å². The number of ketones is 1. The molecule has 2 rings (SSSR count). The van der Waals surface area contributed by atoms with Gasteiger partial charge < -0.3 is 5.32 Å². The van der Waals surface area contributed by atoms with Crippen LogP contribution in [0.25, 0.3) is 10.9 Å². The van der Waals surface area contributed by atoms with Gasteiger partial charge in [0.25, 0.3) is 0 Å². The molecule has 0 aliphatic rings. The van der Waals surface area contributed by atoms with Crippen molar-refractivity contribution < 1.29 is 4.79 Å². The fourth-order valence-electron chi connectivity index (χ4n) is 1.66. The van der Waals surface area contributed by atoms with Crippen molar-refractivity contribution in [3.05, 3.63) is 28.9 Å². The van der Waals surface area contributed by atoms with Crippen LogP contribution in [0.4, 0.5) is 0 Å².